The Bertz CT molecular complexity index is 492. The van der Waals surface area contributed by atoms with Gasteiger partial charge in [0.1, 0.15) is 5.65 Å². The van der Waals surface area contributed by atoms with Gasteiger partial charge in [0, 0.05) is 25.1 Å². The summed E-state index contributed by atoms with van der Waals surface area (Å²) in [5.74, 6) is 1.08. The SMILES string of the molecule is CCCCN(C)c1nc2ccccn2c1CBr. The summed E-state index contributed by atoms with van der Waals surface area (Å²) >= 11 is 3.56. The van der Waals surface area contributed by atoms with Crippen LogP contribution in [-0.2, 0) is 5.33 Å². The number of pyridine rings is 1. The topological polar surface area (TPSA) is 20.5 Å². The number of hydrogen-bond donors (Lipinski definition) is 0. The van der Waals surface area contributed by atoms with E-state index >= 15 is 0 Å². The number of fused-ring (bicyclic) bond motifs is 1. The average molecular weight is 296 g/mol. The standard InChI is InChI=1S/C13H18BrN3/c1-3-4-8-16(2)13-11(10-14)17-9-6-5-7-12(17)15-13/h5-7,9H,3-4,8,10H2,1-2H3. The zero-order valence-electron chi connectivity index (χ0n) is 10.4. The number of halogens is 1. The van der Waals surface area contributed by atoms with Crippen LogP contribution in [0.4, 0.5) is 5.82 Å². The molecule has 0 spiro atoms. The van der Waals surface area contributed by atoms with Crippen LogP contribution in [0, 0.1) is 0 Å². The van der Waals surface area contributed by atoms with E-state index in [-0.39, 0.29) is 0 Å². The molecule has 92 valence electrons. The van der Waals surface area contributed by atoms with Crippen molar-refractivity contribution in [1.82, 2.24) is 9.38 Å². The van der Waals surface area contributed by atoms with Gasteiger partial charge in [0.15, 0.2) is 5.82 Å². The van der Waals surface area contributed by atoms with Gasteiger partial charge in [-0.15, -0.1) is 0 Å². The number of alkyl halides is 1. The molecule has 17 heavy (non-hydrogen) atoms. The lowest BCUT2D eigenvalue weighted by Gasteiger charge is -2.17. The Balaban J connectivity index is 2.38. The molecule has 0 fully saturated rings. The third kappa shape index (κ3) is 2.46. The molecule has 0 aliphatic rings. The van der Waals surface area contributed by atoms with Gasteiger partial charge in [0.25, 0.3) is 0 Å². The number of nitrogens with zero attached hydrogens (tertiary/aromatic N) is 3. The number of rotatable bonds is 5. The van der Waals surface area contributed by atoms with Crippen molar-refractivity contribution in [2.45, 2.75) is 25.1 Å². The van der Waals surface area contributed by atoms with Crippen LogP contribution in [0.2, 0.25) is 0 Å². The predicted molar refractivity (Wildman–Crippen MR) is 76.0 cm³/mol. The van der Waals surface area contributed by atoms with E-state index in [4.69, 9.17) is 4.98 Å². The van der Waals surface area contributed by atoms with Crippen molar-refractivity contribution in [3.05, 3.63) is 30.1 Å². The minimum atomic E-state index is 0.823. The Morgan fingerprint density at radius 1 is 1.41 bits per heavy atom. The molecule has 0 radical (unpaired) electrons. The molecule has 2 aromatic heterocycles. The Hall–Kier alpha value is -1.03. The van der Waals surface area contributed by atoms with Gasteiger partial charge < -0.3 is 9.30 Å². The van der Waals surface area contributed by atoms with Crippen LogP contribution in [-0.4, -0.2) is 23.0 Å². The number of imidazole rings is 1. The first-order valence-corrected chi connectivity index (χ1v) is 7.13. The molecule has 0 aliphatic heterocycles. The highest BCUT2D eigenvalue weighted by atomic mass is 79.9. The van der Waals surface area contributed by atoms with E-state index in [1.807, 2.05) is 18.2 Å². The average Bonchev–Trinajstić information content (AvgIpc) is 2.74. The molecule has 0 N–H and O–H groups in total. The zero-order chi connectivity index (χ0) is 12.3. The molecule has 3 nitrogen and oxygen atoms in total. The summed E-state index contributed by atoms with van der Waals surface area (Å²) in [5.41, 5.74) is 2.24. The van der Waals surface area contributed by atoms with Crippen LogP contribution in [0.15, 0.2) is 24.4 Å². The first kappa shape index (κ1) is 12.4. The Morgan fingerprint density at radius 2 is 2.24 bits per heavy atom. The summed E-state index contributed by atoms with van der Waals surface area (Å²) < 4.78 is 2.15. The van der Waals surface area contributed by atoms with Crippen molar-refractivity contribution >= 4 is 27.4 Å². The maximum absolute atomic E-state index is 4.70. The lowest BCUT2D eigenvalue weighted by molar-refractivity contribution is 0.759. The zero-order valence-corrected chi connectivity index (χ0v) is 11.9. The molecular weight excluding hydrogens is 278 g/mol. The number of unbranched alkanes of at least 4 members (excludes halogenated alkanes) is 1. The molecule has 0 saturated carbocycles. The van der Waals surface area contributed by atoms with E-state index < -0.39 is 0 Å². The molecule has 0 amide bonds. The fraction of sp³-hybridized carbons (Fsp3) is 0.462. The fourth-order valence-corrected chi connectivity index (χ4v) is 2.49. The van der Waals surface area contributed by atoms with Gasteiger partial charge in [0.05, 0.1) is 5.69 Å². The van der Waals surface area contributed by atoms with Crippen LogP contribution >= 0.6 is 15.9 Å². The smallest absolute Gasteiger partial charge is 0.151 e. The molecule has 0 aromatic carbocycles. The summed E-state index contributed by atoms with van der Waals surface area (Å²) in [6, 6.07) is 6.11. The number of hydrogen-bond acceptors (Lipinski definition) is 2. The lowest BCUT2D eigenvalue weighted by atomic mass is 10.3. The van der Waals surface area contributed by atoms with Crippen LogP contribution in [0.1, 0.15) is 25.5 Å². The van der Waals surface area contributed by atoms with E-state index in [2.05, 4.69) is 45.4 Å². The van der Waals surface area contributed by atoms with Gasteiger partial charge in [0.2, 0.25) is 0 Å². The predicted octanol–water partition coefficient (Wildman–Crippen LogP) is 3.47. The van der Waals surface area contributed by atoms with Crippen LogP contribution < -0.4 is 4.90 Å². The van der Waals surface area contributed by atoms with E-state index in [1.165, 1.54) is 18.5 Å². The van der Waals surface area contributed by atoms with E-state index in [1.54, 1.807) is 0 Å². The Labute approximate surface area is 111 Å². The molecule has 2 rings (SSSR count). The highest BCUT2D eigenvalue weighted by Crippen LogP contribution is 2.23. The maximum Gasteiger partial charge on any atom is 0.151 e. The molecule has 0 atom stereocenters. The third-order valence-corrected chi connectivity index (χ3v) is 3.47. The molecule has 0 saturated heterocycles. The molecule has 2 aromatic rings. The van der Waals surface area contributed by atoms with Gasteiger partial charge in [-0.3, -0.25) is 0 Å². The Morgan fingerprint density at radius 3 is 2.94 bits per heavy atom. The minimum absolute atomic E-state index is 0.823. The second-order valence-electron chi connectivity index (χ2n) is 4.22. The third-order valence-electron chi connectivity index (χ3n) is 2.94. The first-order valence-electron chi connectivity index (χ1n) is 6.01. The van der Waals surface area contributed by atoms with Crippen molar-refractivity contribution < 1.29 is 0 Å². The van der Waals surface area contributed by atoms with Crippen molar-refractivity contribution in [3.63, 3.8) is 0 Å². The number of anilines is 1. The van der Waals surface area contributed by atoms with E-state index in [0.29, 0.717) is 0 Å². The lowest BCUT2D eigenvalue weighted by Crippen LogP contribution is -2.20. The number of aromatic nitrogens is 2. The van der Waals surface area contributed by atoms with Gasteiger partial charge in [-0.05, 0) is 18.6 Å². The van der Waals surface area contributed by atoms with Gasteiger partial charge in [-0.25, -0.2) is 4.98 Å². The van der Waals surface area contributed by atoms with Crippen LogP contribution in [0.5, 0.6) is 0 Å². The molecule has 0 aliphatic carbocycles. The summed E-state index contributed by atoms with van der Waals surface area (Å²) in [6.07, 6.45) is 4.48. The molecule has 4 heteroatoms. The largest absolute Gasteiger partial charge is 0.358 e. The summed E-state index contributed by atoms with van der Waals surface area (Å²) in [7, 11) is 2.11. The molecular formula is C13H18BrN3. The fourth-order valence-electron chi connectivity index (χ4n) is 1.97. The van der Waals surface area contributed by atoms with Gasteiger partial charge in [-0.2, -0.15) is 0 Å². The first-order chi connectivity index (χ1) is 8.27. The molecule has 2 heterocycles. The van der Waals surface area contributed by atoms with Crippen molar-refractivity contribution in [2.24, 2.45) is 0 Å². The normalized spacial score (nSPS) is 11.0. The highest BCUT2D eigenvalue weighted by Gasteiger charge is 2.13. The minimum Gasteiger partial charge on any atom is -0.358 e. The monoisotopic (exact) mass is 295 g/mol. The van der Waals surface area contributed by atoms with Crippen molar-refractivity contribution in [3.8, 4) is 0 Å². The Kier molecular flexibility index (Phi) is 4.05. The maximum atomic E-state index is 4.70. The summed E-state index contributed by atoms with van der Waals surface area (Å²) in [6.45, 7) is 3.27. The van der Waals surface area contributed by atoms with Crippen molar-refractivity contribution in [1.29, 1.82) is 0 Å². The summed E-state index contributed by atoms with van der Waals surface area (Å²) in [4.78, 5) is 6.94. The van der Waals surface area contributed by atoms with E-state index in [9.17, 15) is 0 Å². The highest BCUT2D eigenvalue weighted by molar-refractivity contribution is 9.08. The second-order valence-corrected chi connectivity index (χ2v) is 4.78. The second kappa shape index (κ2) is 5.54. The van der Waals surface area contributed by atoms with Crippen molar-refractivity contribution in [2.75, 3.05) is 18.5 Å². The van der Waals surface area contributed by atoms with Gasteiger partial charge >= 0.3 is 0 Å². The van der Waals surface area contributed by atoms with Crippen LogP contribution in [0.25, 0.3) is 5.65 Å². The van der Waals surface area contributed by atoms with Crippen LogP contribution in [0.3, 0.4) is 0 Å². The quantitative estimate of drug-likeness (QED) is 0.788. The van der Waals surface area contributed by atoms with E-state index in [0.717, 1.165) is 23.3 Å². The summed E-state index contributed by atoms with van der Waals surface area (Å²) in [5, 5.41) is 0.823. The molecule has 0 unspecified atom stereocenters. The van der Waals surface area contributed by atoms with Gasteiger partial charge in [-0.1, -0.05) is 35.3 Å². The molecule has 0 bridgehead atoms.